The zero-order chi connectivity index (χ0) is 19.1. The predicted octanol–water partition coefficient (Wildman–Crippen LogP) is 4.45. The molecular weight excluding hydrogens is 362 g/mol. The molecule has 3 aromatic rings. The van der Waals surface area contributed by atoms with Gasteiger partial charge in [0.05, 0.1) is 17.3 Å². The summed E-state index contributed by atoms with van der Waals surface area (Å²) in [5, 5.41) is 8.04. The summed E-state index contributed by atoms with van der Waals surface area (Å²) >= 11 is 6.11. The minimum Gasteiger partial charge on any atom is -0.310 e. The number of aryl methyl sites for hydroxylation is 2. The van der Waals surface area contributed by atoms with Crippen LogP contribution in [0.2, 0.25) is 5.02 Å². The van der Waals surface area contributed by atoms with E-state index in [1.165, 1.54) is 0 Å². The van der Waals surface area contributed by atoms with Crippen LogP contribution in [0.3, 0.4) is 0 Å². The Morgan fingerprint density at radius 2 is 1.96 bits per heavy atom. The summed E-state index contributed by atoms with van der Waals surface area (Å²) in [5.74, 6) is -0.267. The highest BCUT2D eigenvalue weighted by Gasteiger charge is 2.36. The SMILES string of the molecule is Cc1ccccc1C(=O)[C@H]1CC(=O)Nc2c1c(C)nn2-c1cccc(Cl)c1. The first-order chi connectivity index (χ1) is 13.0. The molecule has 6 heteroatoms. The number of amides is 1. The number of halogens is 1. The lowest BCUT2D eigenvalue weighted by Gasteiger charge is -2.23. The highest BCUT2D eigenvalue weighted by Crippen LogP contribution is 2.38. The van der Waals surface area contributed by atoms with E-state index in [4.69, 9.17) is 11.6 Å². The van der Waals surface area contributed by atoms with Gasteiger partial charge in [0.15, 0.2) is 5.78 Å². The second kappa shape index (κ2) is 6.67. The highest BCUT2D eigenvalue weighted by molar-refractivity contribution is 6.30. The van der Waals surface area contributed by atoms with E-state index in [1.54, 1.807) is 22.9 Å². The minimum atomic E-state index is -0.553. The Balaban J connectivity index is 1.85. The molecule has 1 aromatic heterocycles. The Morgan fingerprint density at radius 3 is 2.70 bits per heavy atom. The molecule has 0 radical (unpaired) electrons. The molecule has 1 aliphatic heterocycles. The average Bonchev–Trinajstić information content (AvgIpc) is 2.97. The van der Waals surface area contributed by atoms with Gasteiger partial charge in [0.25, 0.3) is 0 Å². The summed E-state index contributed by atoms with van der Waals surface area (Å²) in [4.78, 5) is 25.6. The fraction of sp³-hybridized carbons (Fsp3) is 0.190. The second-order valence-electron chi connectivity index (χ2n) is 6.72. The van der Waals surface area contributed by atoms with Gasteiger partial charge in [0.1, 0.15) is 5.82 Å². The van der Waals surface area contributed by atoms with Gasteiger partial charge in [-0.25, -0.2) is 4.68 Å². The van der Waals surface area contributed by atoms with Gasteiger partial charge in [-0.15, -0.1) is 0 Å². The van der Waals surface area contributed by atoms with Gasteiger partial charge < -0.3 is 5.32 Å². The monoisotopic (exact) mass is 379 g/mol. The largest absolute Gasteiger partial charge is 0.310 e. The normalized spacial score (nSPS) is 16.0. The fourth-order valence-electron chi connectivity index (χ4n) is 3.60. The van der Waals surface area contributed by atoms with Crippen molar-refractivity contribution in [1.82, 2.24) is 9.78 Å². The van der Waals surface area contributed by atoms with Crippen molar-refractivity contribution in [1.29, 1.82) is 0 Å². The number of ketones is 1. The minimum absolute atomic E-state index is 0.0575. The van der Waals surface area contributed by atoms with E-state index in [-0.39, 0.29) is 18.1 Å². The van der Waals surface area contributed by atoms with E-state index in [9.17, 15) is 9.59 Å². The van der Waals surface area contributed by atoms with Gasteiger partial charge in [0.2, 0.25) is 5.91 Å². The predicted molar refractivity (Wildman–Crippen MR) is 105 cm³/mol. The van der Waals surface area contributed by atoms with Crippen molar-refractivity contribution in [3.05, 3.63) is 75.9 Å². The third-order valence-electron chi connectivity index (χ3n) is 4.88. The first kappa shape index (κ1) is 17.5. The molecule has 2 aromatic carbocycles. The summed E-state index contributed by atoms with van der Waals surface area (Å²) in [7, 11) is 0. The lowest BCUT2D eigenvalue weighted by molar-refractivity contribution is -0.116. The molecule has 1 aliphatic rings. The quantitative estimate of drug-likeness (QED) is 0.684. The molecular formula is C21H18ClN3O2. The second-order valence-corrected chi connectivity index (χ2v) is 7.16. The number of hydrogen-bond acceptors (Lipinski definition) is 3. The number of aromatic nitrogens is 2. The smallest absolute Gasteiger partial charge is 0.226 e. The van der Waals surface area contributed by atoms with E-state index in [0.717, 1.165) is 22.5 Å². The molecule has 5 nitrogen and oxygen atoms in total. The first-order valence-electron chi connectivity index (χ1n) is 8.71. The maximum absolute atomic E-state index is 13.2. The molecule has 0 spiro atoms. The molecule has 136 valence electrons. The van der Waals surface area contributed by atoms with Gasteiger partial charge in [0, 0.05) is 22.6 Å². The maximum atomic E-state index is 13.2. The van der Waals surface area contributed by atoms with Gasteiger partial charge in [-0.05, 0) is 37.6 Å². The van der Waals surface area contributed by atoms with Crippen LogP contribution in [0.1, 0.15) is 39.5 Å². The molecule has 1 N–H and O–H groups in total. The number of fused-ring (bicyclic) bond motifs is 1. The Morgan fingerprint density at radius 1 is 1.19 bits per heavy atom. The van der Waals surface area contributed by atoms with Crippen molar-refractivity contribution in [2.24, 2.45) is 0 Å². The summed E-state index contributed by atoms with van der Waals surface area (Å²) < 4.78 is 1.64. The van der Waals surface area contributed by atoms with E-state index in [0.29, 0.717) is 16.4 Å². The standard InChI is InChI=1S/C21H18ClN3O2/c1-12-6-3-4-9-16(12)20(27)17-11-18(26)23-21-19(17)13(2)24-25(21)15-8-5-7-14(22)10-15/h3-10,17H,11H2,1-2H3,(H,23,26)/t17-/m0/s1. The van der Waals surface area contributed by atoms with Crippen LogP contribution in [0.25, 0.3) is 5.69 Å². The Bertz CT molecular complexity index is 1070. The van der Waals surface area contributed by atoms with Crippen LogP contribution in [-0.2, 0) is 4.79 Å². The summed E-state index contributed by atoms with van der Waals surface area (Å²) in [6, 6.07) is 14.7. The summed E-state index contributed by atoms with van der Waals surface area (Å²) in [6.45, 7) is 3.76. The first-order valence-corrected chi connectivity index (χ1v) is 9.08. The average molecular weight is 380 g/mol. The molecule has 2 heterocycles. The Labute approximate surface area is 162 Å². The van der Waals surface area contributed by atoms with Crippen molar-refractivity contribution in [2.75, 3.05) is 5.32 Å². The third kappa shape index (κ3) is 3.04. The zero-order valence-corrected chi connectivity index (χ0v) is 15.7. The van der Waals surface area contributed by atoms with Crippen molar-refractivity contribution in [2.45, 2.75) is 26.2 Å². The molecule has 27 heavy (non-hydrogen) atoms. The lowest BCUT2D eigenvalue weighted by Crippen LogP contribution is -2.28. The number of rotatable bonds is 3. The molecule has 0 bridgehead atoms. The lowest BCUT2D eigenvalue weighted by atomic mass is 9.84. The van der Waals surface area contributed by atoms with Gasteiger partial charge >= 0.3 is 0 Å². The number of hydrogen-bond donors (Lipinski definition) is 1. The molecule has 1 amide bonds. The van der Waals surface area contributed by atoms with Crippen LogP contribution in [0.4, 0.5) is 5.82 Å². The number of carbonyl (C=O) groups excluding carboxylic acids is 2. The summed E-state index contributed by atoms with van der Waals surface area (Å²) in [5.41, 5.74) is 3.75. The fourth-order valence-corrected chi connectivity index (χ4v) is 3.79. The van der Waals surface area contributed by atoms with Gasteiger partial charge in [-0.1, -0.05) is 41.9 Å². The van der Waals surface area contributed by atoms with E-state index >= 15 is 0 Å². The van der Waals surface area contributed by atoms with Crippen LogP contribution in [0.5, 0.6) is 0 Å². The number of anilines is 1. The molecule has 0 saturated carbocycles. The Kier molecular flexibility index (Phi) is 4.32. The third-order valence-corrected chi connectivity index (χ3v) is 5.12. The summed E-state index contributed by atoms with van der Waals surface area (Å²) in [6.07, 6.45) is 0.113. The van der Waals surface area contributed by atoms with Crippen LogP contribution in [0.15, 0.2) is 48.5 Å². The van der Waals surface area contributed by atoms with E-state index in [1.807, 2.05) is 44.2 Å². The van der Waals surface area contributed by atoms with E-state index in [2.05, 4.69) is 10.4 Å². The number of Topliss-reactive ketones (excluding diaryl/α,β-unsaturated/α-hetero) is 1. The molecule has 0 fully saturated rings. The highest BCUT2D eigenvalue weighted by atomic mass is 35.5. The number of nitrogens with one attached hydrogen (secondary N) is 1. The van der Waals surface area contributed by atoms with Crippen LogP contribution < -0.4 is 5.32 Å². The number of benzene rings is 2. The molecule has 0 saturated heterocycles. The van der Waals surface area contributed by atoms with E-state index < -0.39 is 5.92 Å². The molecule has 4 rings (SSSR count). The van der Waals surface area contributed by atoms with Gasteiger partial charge in [-0.2, -0.15) is 5.10 Å². The van der Waals surface area contributed by atoms with Crippen molar-refractivity contribution < 1.29 is 9.59 Å². The molecule has 0 aliphatic carbocycles. The van der Waals surface area contributed by atoms with Crippen molar-refractivity contribution >= 4 is 29.1 Å². The number of carbonyl (C=O) groups is 2. The number of nitrogens with zero attached hydrogens (tertiary/aromatic N) is 2. The van der Waals surface area contributed by atoms with Crippen LogP contribution >= 0.6 is 11.6 Å². The van der Waals surface area contributed by atoms with Crippen molar-refractivity contribution in [3.8, 4) is 5.69 Å². The molecule has 0 unspecified atom stereocenters. The maximum Gasteiger partial charge on any atom is 0.226 e. The Hall–Kier alpha value is -2.92. The topological polar surface area (TPSA) is 64.0 Å². The zero-order valence-electron chi connectivity index (χ0n) is 15.0. The molecule has 1 atom stereocenters. The van der Waals surface area contributed by atoms with Gasteiger partial charge in [-0.3, -0.25) is 9.59 Å². The van der Waals surface area contributed by atoms with Crippen LogP contribution in [-0.4, -0.2) is 21.5 Å². The van der Waals surface area contributed by atoms with Crippen molar-refractivity contribution in [3.63, 3.8) is 0 Å². The van der Waals surface area contributed by atoms with Crippen LogP contribution in [0, 0.1) is 13.8 Å².